The summed E-state index contributed by atoms with van der Waals surface area (Å²) in [6.07, 6.45) is 1.25. The van der Waals surface area contributed by atoms with E-state index in [1.54, 1.807) is 14.2 Å². The van der Waals surface area contributed by atoms with Crippen LogP contribution in [0.25, 0.3) is 0 Å². The molecule has 0 atom stereocenters. The maximum atomic E-state index is 10.4. The Balaban J connectivity index is 0.000000878. The fraction of sp³-hybridized carbons (Fsp3) is 0.478. The molecular weight excluding hydrogens is 352 g/mol. The summed E-state index contributed by atoms with van der Waals surface area (Å²) in [7, 11) is 3.12. The van der Waals surface area contributed by atoms with Gasteiger partial charge in [-0.2, -0.15) is 0 Å². The van der Waals surface area contributed by atoms with E-state index >= 15 is 0 Å². The molecule has 1 aliphatic rings. The first-order valence-electron chi connectivity index (χ1n) is 10.0. The monoisotopic (exact) mass is 386 g/mol. The van der Waals surface area contributed by atoms with Gasteiger partial charge in [0.15, 0.2) is 11.5 Å². The first kappa shape index (κ1) is 22.1. The Morgan fingerprint density at radius 3 is 1.93 bits per heavy atom. The Bertz CT molecular complexity index is 698. The van der Waals surface area contributed by atoms with Crippen LogP contribution in [0.2, 0.25) is 0 Å². The van der Waals surface area contributed by atoms with Gasteiger partial charge >= 0.3 is 0 Å². The van der Waals surface area contributed by atoms with E-state index in [1.165, 1.54) is 12.0 Å². The highest BCUT2D eigenvalue weighted by Crippen LogP contribution is 2.39. The van der Waals surface area contributed by atoms with Crippen molar-refractivity contribution >= 4 is 0 Å². The van der Waals surface area contributed by atoms with E-state index in [-0.39, 0.29) is 5.75 Å². The fourth-order valence-electron chi connectivity index (χ4n) is 3.27. The van der Waals surface area contributed by atoms with E-state index in [0.717, 1.165) is 38.3 Å². The number of methoxy groups -OCH3 is 2. The first-order chi connectivity index (χ1) is 13.6. The van der Waals surface area contributed by atoms with Crippen molar-refractivity contribution in [2.75, 3.05) is 40.4 Å². The molecule has 1 heterocycles. The molecule has 0 amide bonds. The fourth-order valence-corrected chi connectivity index (χ4v) is 3.27. The minimum atomic E-state index is 0.175. The van der Waals surface area contributed by atoms with Gasteiger partial charge in [0.1, 0.15) is 0 Å². The number of hydrogen-bond donors (Lipinski definition) is 1. The van der Waals surface area contributed by atoms with E-state index in [9.17, 15) is 5.11 Å². The van der Waals surface area contributed by atoms with E-state index in [1.807, 2.05) is 12.1 Å². The molecule has 0 aliphatic carbocycles. The Hall–Kier alpha value is -2.24. The molecule has 1 saturated heterocycles. The number of rotatable bonds is 6. The van der Waals surface area contributed by atoms with E-state index in [4.69, 9.17) is 9.47 Å². The molecule has 0 unspecified atom stereocenters. The Kier molecular flexibility index (Phi) is 9.11. The predicted molar refractivity (Wildman–Crippen MR) is 114 cm³/mol. The van der Waals surface area contributed by atoms with Crippen molar-refractivity contribution in [3.63, 3.8) is 0 Å². The summed E-state index contributed by atoms with van der Waals surface area (Å²) in [5.74, 6) is 1.13. The molecule has 0 bridgehead atoms. The second-order valence-corrected chi connectivity index (χ2v) is 7.05. The molecule has 0 spiro atoms. The lowest BCUT2D eigenvalue weighted by Gasteiger charge is -2.35. The Labute approximate surface area is 169 Å². The van der Waals surface area contributed by atoms with E-state index in [2.05, 4.69) is 54.0 Å². The van der Waals surface area contributed by atoms with Crippen molar-refractivity contribution in [3.8, 4) is 17.2 Å². The van der Waals surface area contributed by atoms with Gasteiger partial charge in [-0.25, -0.2) is 0 Å². The molecule has 2 aromatic rings. The molecule has 0 aromatic heterocycles. The van der Waals surface area contributed by atoms with Crippen LogP contribution in [0.4, 0.5) is 0 Å². The summed E-state index contributed by atoms with van der Waals surface area (Å²) in [5, 5.41) is 10.4. The average molecular weight is 387 g/mol. The van der Waals surface area contributed by atoms with Crippen LogP contribution in [0.5, 0.6) is 17.2 Å². The Morgan fingerprint density at radius 2 is 1.39 bits per heavy atom. The van der Waals surface area contributed by atoms with Crippen molar-refractivity contribution < 1.29 is 14.6 Å². The minimum absolute atomic E-state index is 0.175. The molecule has 5 heteroatoms. The van der Waals surface area contributed by atoms with Crippen molar-refractivity contribution in [1.82, 2.24) is 9.80 Å². The summed E-state index contributed by atoms with van der Waals surface area (Å²) in [6.45, 7) is 9.99. The van der Waals surface area contributed by atoms with Gasteiger partial charge in [0.05, 0.1) is 14.2 Å². The quantitative estimate of drug-likeness (QED) is 0.808. The standard InChI is InChI=1S/C20H26N2O3.C3H8/c1-24-18-9-8-17(19(23)20(18)25-2)15-22-12-10-21(11-13-22)14-16-6-4-3-5-7-16;1-3-2/h3-9,23H,10-15H2,1-2H3;3H2,1-2H3. The molecule has 1 fully saturated rings. The highest BCUT2D eigenvalue weighted by Gasteiger charge is 2.20. The highest BCUT2D eigenvalue weighted by molar-refractivity contribution is 5.54. The van der Waals surface area contributed by atoms with Gasteiger partial charge in [-0.3, -0.25) is 9.80 Å². The predicted octanol–water partition coefficient (Wildman–Crippen LogP) is 4.14. The molecule has 28 heavy (non-hydrogen) atoms. The van der Waals surface area contributed by atoms with Gasteiger partial charge in [-0.1, -0.05) is 56.7 Å². The summed E-state index contributed by atoms with van der Waals surface area (Å²) in [6, 6.07) is 14.3. The van der Waals surface area contributed by atoms with E-state index in [0.29, 0.717) is 18.0 Å². The number of aromatic hydroxyl groups is 1. The second kappa shape index (κ2) is 11.6. The molecule has 154 valence electrons. The van der Waals surface area contributed by atoms with Crippen molar-refractivity contribution in [2.45, 2.75) is 33.4 Å². The molecule has 1 N–H and O–H groups in total. The Morgan fingerprint density at radius 1 is 0.821 bits per heavy atom. The van der Waals surface area contributed by atoms with Crippen LogP contribution in [0.15, 0.2) is 42.5 Å². The molecule has 0 radical (unpaired) electrons. The summed E-state index contributed by atoms with van der Waals surface area (Å²) in [4.78, 5) is 4.84. The van der Waals surface area contributed by atoms with Gasteiger partial charge < -0.3 is 14.6 Å². The van der Waals surface area contributed by atoms with Crippen LogP contribution in [0, 0.1) is 0 Å². The van der Waals surface area contributed by atoms with Gasteiger partial charge in [-0.05, 0) is 11.6 Å². The second-order valence-electron chi connectivity index (χ2n) is 7.05. The van der Waals surface area contributed by atoms with Crippen LogP contribution in [-0.2, 0) is 13.1 Å². The number of benzene rings is 2. The third kappa shape index (κ3) is 6.14. The summed E-state index contributed by atoms with van der Waals surface area (Å²) >= 11 is 0. The van der Waals surface area contributed by atoms with Crippen LogP contribution < -0.4 is 9.47 Å². The van der Waals surface area contributed by atoms with Crippen molar-refractivity contribution in [3.05, 3.63) is 53.6 Å². The molecule has 0 saturated carbocycles. The van der Waals surface area contributed by atoms with Crippen LogP contribution >= 0.6 is 0 Å². The van der Waals surface area contributed by atoms with Gasteiger partial charge in [-0.15, -0.1) is 0 Å². The first-order valence-corrected chi connectivity index (χ1v) is 10.0. The largest absolute Gasteiger partial charge is 0.504 e. The van der Waals surface area contributed by atoms with Crippen LogP contribution in [-0.4, -0.2) is 55.3 Å². The van der Waals surface area contributed by atoms with Crippen LogP contribution in [0.3, 0.4) is 0 Å². The maximum absolute atomic E-state index is 10.4. The van der Waals surface area contributed by atoms with Crippen molar-refractivity contribution in [2.24, 2.45) is 0 Å². The lowest BCUT2D eigenvalue weighted by atomic mass is 10.1. The maximum Gasteiger partial charge on any atom is 0.203 e. The molecular formula is C23H34N2O3. The highest BCUT2D eigenvalue weighted by atomic mass is 16.5. The number of phenols is 1. The van der Waals surface area contributed by atoms with Crippen LogP contribution in [0.1, 0.15) is 31.4 Å². The summed E-state index contributed by atoms with van der Waals surface area (Å²) < 4.78 is 10.5. The van der Waals surface area contributed by atoms with Gasteiger partial charge in [0.25, 0.3) is 0 Å². The number of piperazine rings is 1. The lowest BCUT2D eigenvalue weighted by Crippen LogP contribution is -2.45. The molecule has 1 aliphatic heterocycles. The number of ether oxygens (including phenoxy) is 2. The number of nitrogens with zero attached hydrogens (tertiary/aromatic N) is 2. The van der Waals surface area contributed by atoms with Crippen molar-refractivity contribution in [1.29, 1.82) is 0 Å². The third-order valence-corrected chi connectivity index (χ3v) is 4.71. The van der Waals surface area contributed by atoms with Gasteiger partial charge in [0.2, 0.25) is 5.75 Å². The molecule has 3 rings (SSSR count). The normalized spacial score (nSPS) is 14.9. The number of hydrogen-bond acceptors (Lipinski definition) is 5. The lowest BCUT2D eigenvalue weighted by molar-refractivity contribution is 0.121. The SMILES string of the molecule is CCC.COc1ccc(CN2CCN(Cc3ccccc3)CC2)c(O)c1OC. The zero-order valence-electron chi connectivity index (χ0n) is 17.6. The zero-order valence-corrected chi connectivity index (χ0v) is 17.6. The van der Waals surface area contributed by atoms with Gasteiger partial charge in [0, 0.05) is 44.8 Å². The zero-order chi connectivity index (χ0) is 20.4. The average Bonchev–Trinajstić information content (AvgIpc) is 2.72. The smallest absolute Gasteiger partial charge is 0.203 e. The minimum Gasteiger partial charge on any atom is -0.504 e. The topological polar surface area (TPSA) is 45.2 Å². The molecule has 5 nitrogen and oxygen atoms in total. The van der Waals surface area contributed by atoms with E-state index < -0.39 is 0 Å². The summed E-state index contributed by atoms with van der Waals surface area (Å²) in [5.41, 5.74) is 2.22. The molecule has 2 aromatic carbocycles. The third-order valence-electron chi connectivity index (χ3n) is 4.71. The number of phenolic OH excluding ortho intramolecular Hbond substituents is 1.